The molecular weight excluding hydrogens is 292 g/mol. The third kappa shape index (κ3) is 1.75. The summed E-state index contributed by atoms with van der Waals surface area (Å²) < 4.78 is 5.92. The van der Waals surface area contributed by atoms with Crippen molar-refractivity contribution >= 4 is 38.2 Å². The number of halogens is 1. The van der Waals surface area contributed by atoms with Crippen LogP contribution >= 0.6 is 27.3 Å². The number of nitriles is 1. The van der Waals surface area contributed by atoms with E-state index in [1.165, 1.54) is 16.2 Å². The Morgan fingerprint density at radius 2 is 2.38 bits per heavy atom. The van der Waals surface area contributed by atoms with Crippen molar-refractivity contribution in [3.63, 3.8) is 0 Å². The number of nitrogens with zero attached hydrogens (tertiary/aromatic N) is 2. The maximum atomic E-state index is 12.1. The van der Waals surface area contributed by atoms with Crippen LogP contribution in [0.4, 0.5) is 5.00 Å². The molecule has 2 heterocycles. The predicted molar refractivity (Wildman–Crippen MR) is 64.3 cm³/mol. The van der Waals surface area contributed by atoms with Crippen LogP contribution < -0.4 is 4.90 Å². The molecular formula is C10H9BrN2O2S. The molecule has 0 atom stereocenters. The molecule has 0 radical (unpaired) electrons. The third-order valence-electron chi connectivity index (χ3n) is 2.51. The van der Waals surface area contributed by atoms with Gasteiger partial charge in [-0.25, -0.2) is 0 Å². The average molecular weight is 301 g/mol. The van der Waals surface area contributed by atoms with Crippen LogP contribution in [0.2, 0.25) is 0 Å². The van der Waals surface area contributed by atoms with E-state index in [1.807, 2.05) is 18.2 Å². The largest absolute Gasteiger partial charge is 0.377 e. The molecule has 16 heavy (non-hydrogen) atoms. The summed E-state index contributed by atoms with van der Waals surface area (Å²) in [6, 6.07) is 5.77. The van der Waals surface area contributed by atoms with Crippen molar-refractivity contribution in [1.82, 2.24) is 0 Å². The van der Waals surface area contributed by atoms with Gasteiger partial charge in [-0.15, -0.1) is 11.3 Å². The fourth-order valence-electron chi connectivity index (χ4n) is 1.45. The van der Waals surface area contributed by atoms with Crippen molar-refractivity contribution in [2.45, 2.75) is 0 Å². The second-order valence-corrected chi connectivity index (χ2v) is 6.07. The van der Waals surface area contributed by atoms with E-state index in [2.05, 4.69) is 15.9 Å². The Labute approximate surface area is 106 Å². The SMILES string of the molecule is CN(C(=O)C1(C#N)COC1)c1ccc(Br)s1. The van der Waals surface area contributed by atoms with Crippen molar-refractivity contribution in [2.24, 2.45) is 5.41 Å². The second-order valence-electron chi connectivity index (χ2n) is 3.63. The summed E-state index contributed by atoms with van der Waals surface area (Å²) >= 11 is 4.80. The highest BCUT2D eigenvalue weighted by Crippen LogP contribution is 2.34. The fourth-order valence-corrected chi connectivity index (χ4v) is 2.77. The van der Waals surface area contributed by atoms with E-state index in [4.69, 9.17) is 10.00 Å². The van der Waals surface area contributed by atoms with E-state index in [-0.39, 0.29) is 19.1 Å². The normalized spacial score (nSPS) is 17.3. The molecule has 0 spiro atoms. The van der Waals surface area contributed by atoms with Crippen molar-refractivity contribution in [2.75, 3.05) is 25.2 Å². The zero-order valence-corrected chi connectivity index (χ0v) is 11.0. The van der Waals surface area contributed by atoms with Gasteiger partial charge < -0.3 is 9.64 Å². The van der Waals surface area contributed by atoms with Crippen LogP contribution in [-0.4, -0.2) is 26.2 Å². The lowest BCUT2D eigenvalue weighted by Gasteiger charge is -2.35. The molecule has 6 heteroatoms. The summed E-state index contributed by atoms with van der Waals surface area (Å²) in [5, 5.41) is 9.84. The van der Waals surface area contributed by atoms with Crippen molar-refractivity contribution in [1.29, 1.82) is 5.26 Å². The van der Waals surface area contributed by atoms with Gasteiger partial charge in [0.2, 0.25) is 0 Å². The molecule has 0 bridgehead atoms. The van der Waals surface area contributed by atoms with Gasteiger partial charge in [0.15, 0.2) is 5.41 Å². The summed E-state index contributed by atoms with van der Waals surface area (Å²) in [6.45, 7) is 0.387. The number of rotatable bonds is 2. The first kappa shape index (κ1) is 11.6. The molecule has 0 saturated carbocycles. The van der Waals surface area contributed by atoms with Crippen LogP contribution in [0.5, 0.6) is 0 Å². The van der Waals surface area contributed by atoms with Gasteiger partial charge in [0, 0.05) is 7.05 Å². The fraction of sp³-hybridized carbons (Fsp3) is 0.400. The van der Waals surface area contributed by atoms with Gasteiger partial charge in [0.05, 0.1) is 28.1 Å². The molecule has 4 nitrogen and oxygen atoms in total. The van der Waals surface area contributed by atoms with Crippen LogP contribution in [0.1, 0.15) is 0 Å². The van der Waals surface area contributed by atoms with E-state index < -0.39 is 5.41 Å². The Bertz CT molecular complexity index is 462. The van der Waals surface area contributed by atoms with Gasteiger partial charge >= 0.3 is 0 Å². The van der Waals surface area contributed by atoms with Gasteiger partial charge in [-0.05, 0) is 28.1 Å². The van der Waals surface area contributed by atoms with Gasteiger partial charge in [-0.3, -0.25) is 4.79 Å². The number of hydrogen-bond donors (Lipinski definition) is 0. The average Bonchev–Trinajstić information content (AvgIpc) is 2.63. The molecule has 0 aliphatic carbocycles. The highest BCUT2D eigenvalue weighted by Gasteiger charge is 2.48. The zero-order valence-electron chi connectivity index (χ0n) is 8.57. The van der Waals surface area contributed by atoms with E-state index >= 15 is 0 Å². The molecule has 2 rings (SSSR count). The predicted octanol–water partition coefficient (Wildman–Crippen LogP) is 2.01. The molecule has 0 N–H and O–H groups in total. The van der Waals surface area contributed by atoms with Crippen molar-refractivity contribution < 1.29 is 9.53 Å². The van der Waals surface area contributed by atoms with E-state index in [9.17, 15) is 4.79 Å². The van der Waals surface area contributed by atoms with Crippen LogP contribution in [0, 0.1) is 16.7 Å². The molecule has 1 fully saturated rings. The number of hydrogen-bond acceptors (Lipinski definition) is 4. The summed E-state index contributed by atoms with van der Waals surface area (Å²) in [7, 11) is 1.68. The molecule has 1 aromatic heterocycles. The Morgan fingerprint density at radius 1 is 1.69 bits per heavy atom. The van der Waals surface area contributed by atoms with Crippen LogP contribution in [0.3, 0.4) is 0 Å². The Kier molecular flexibility index (Phi) is 3.02. The van der Waals surface area contributed by atoms with E-state index in [1.54, 1.807) is 7.05 Å². The standard InChI is InChI=1S/C10H9BrN2O2S/c1-13(8-3-2-7(11)16-8)9(14)10(4-12)5-15-6-10/h2-3H,5-6H2,1H3. The summed E-state index contributed by atoms with van der Waals surface area (Å²) in [6.07, 6.45) is 0. The first-order valence-electron chi connectivity index (χ1n) is 4.61. The Balaban J connectivity index is 2.20. The molecule has 0 aromatic carbocycles. The van der Waals surface area contributed by atoms with Crippen LogP contribution in [-0.2, 0) is 9.53 Å². The molecule has 1 amide bonds. The number of carbonyl (C=O) groups is 1. The summed E-state index contributed by atoms with van der Waals surface area (Å²) in [4.78, 5) is 13.6. The number of ether oxygens (including phenoxy) is 1. The van der Waals surface area contributed by atoms with Gasteiger partial charge in [0.1, 0.15) is 0 Å². The van der Waals surface area contributed by atoms with Gasteiger partial charge in [-0.2, -0.15) is 5.26 Å². The molecule has 1 aliphatic rings. The van der Waals surface area contributed by atoms with Gasteiger partial charge in [-0.1, -0.05) is 0 Å². The van der Waals surface area contributed by atoms with Gasteiger partial charge in [0.25, 0.3) is 5.91 Å². The summed E-state index contributed by atoms with van der Waals surface area (Å²) in [5.74, 6) is -0.199. The number of amides is 1. The molecule has 0 unspecified atom stereocenters. The minimum atomic E-state index is -0.981. The van der Waals surface area contributed by atoms with Crippen LogP contribution in [0.15, 0.2) is 15.9 Å². The monoisotopic (exact) mass is 300 g/mol. The first-order chi connectivity index (χ1) is 7.59. The quantitative estimate of drug-likeness (QED) is 0.839. The Morgan fingerprint density at radius 3 is 2.75 bits per heavy atom. The molecule has 1 aliphatic heterocycles. The number of anilines is 1. The maximum Gasteiger partial charge on any atom is 0.252 e. The second kappa shape index (κ2) is 4.17. The number of thiophene rings is 1. The molecule has 1 aromatic rings. The maximum absolute atomic E-state index is 12.1. The Hall–Kier alpha value is -0.900. The van der Waals surface area contributed by atoms with E-state index in [0.29, 0.717) is 0 Å². The lowest BCUT2D eigenvalue weighted by Crippen LogP contribution is -2.53. The summed E-state index contributed by atoms with van der Waals surface area (Å²) in [5.41, 5.74) is -0.981. The smallest absolute Gasteiger partial charge is 0.252 e. The topological polar surface area (TPSA) is 53.3 Å². The molecule has 84 valence electrons. The highest BCUT2D eigenvalue weighted by atomic mass is 79.9. The van der Waals surface area contributed by atoms with E-state index in [0.717, 1.165) is 8.79 Å². The highest BCUT2D eigenvalue weighted by molar-refractivity contribution is 9.11. The van der Waals surface area contributed by atoms with Crippen molar-refractivity contribution in [3.8, 4) is 6.07 Å². The van der Waals surface area contributed by atoms with Crippen molar-refractivity contribution in [3.05, 3.63) is 15.9 Å². The number of carbonyl (C=O) groups excluding carboxylic acids is 1. The lowest BCUT2D eigenvalue weighted by atomic mass is 9.86. The molecule has 1 saturated heterocycles. The minimum absolute atomic E-state index is 0.194. The zero-order chi connectivity index (χ0) is 11.8. The third-order valence-corrected chi connectivity index (χ3v) is 4.21. The first-order valence-corrected chi connectivity index (χ1v) is 6.22. The minimum Gasteiger partial charge on any atom is -0.377 e. The van der Waals surface area contributed by atoms with Crippen LogP contribution in [0.25, 0.3) is 0 Å². The lowest BCUT2D eigenvalue weighted by molar-refractivity contribution is -0.146.